The second-order valence-corrected chi connectivity index (χ2v) is 5.68. The Kier molecular flexibility index (Phi) is 3.95. The van der Waals surface area contributed by atoms with Gasteiger partial charge in [0.25, 0.3) is 0 Å². The maximum Gasteiger partial charge on any atom is 0.434 e. The fourth-order valence-corrected chi connectivity index (χ4v) is 2.77. The monoisotopic (exact) mass is 329 g/mol. The van der Waals surface area contributed by atoms with Crippen LogP contribution in [-0.4, -0.2) is 33.1 Å². The van der Waals surface area contributed by atoms with E-state index in [1.807, 2.05) is 0 Å². The van der Waals surface area contributed by atoms with E-state index in [1.54, 1.807) is 16.5 Å². The minimum Gasteiger partial charge on any atom is -0.344 e. The first-order chi connectivity index (χ1) is 10.8. The molecule has 23 heavy (non-hydrogen) atoms. The fourth-order valence-electron chi connectivity index (χ4n) is 2.77. The summed E-state index contributed by atoms with van der Waals surface area (Å²) in [4.78, 5) is 13.2. The van der Waals surface area contributed by atoms with Crippen molar-refractivity contribution >= 4 is 5.95 Å². The number of fused-ring (bicyclic) bond motifs is 1. The maximum absolute atomic E-state index is 12.8. The van der Waals surface area contributed by atoms with E-state index >= 15 is 0 Å². The molecule has 1 aliphatic heterocycles. The zero-order chi connectivity index (χ0) is 16.6. The molecule has 124 valence electrons. The van der Waals surface area contributed by atoms with Crippen molar-refractivity contribution in [1.82, 2.24) is 19.5 Å². The van der Waals surface area contributed by atoms with Crippen molar-refractivity contribution < 1.29 is 17.6 Å². The highest BCUT2D eigenvalue weighted by molar-refractivity contribution is 5.27. The molecule has 0 aliphatic carbocycles. The Morgan fingerprint density at radius 2 is 2.00 bits per heavy atom. The van der Waals surface area contributed by atoms with Crippen LogP contribution in [0.2, 0.25) is 0 Å². The Bertz CT molecular complexity index is 679. The van der Waals surface area contributed by atoms with Crippen LogP contribution in [0, 0.1) is 11.7 Å². The number of nitrogens with zero attached hydrogens (tertiary/aromatic N) is 5. The predicted octanol–water partition coefficient (Wildman–Crippen LogP) is 2.53. The van der Waals surface area contributed by atoms with Crippen molar-refractivity contribution in [2.75, 3.05) is 18.5 Å². The van der Waals surface area contributed by atoms with E-state index in [9.17, 15) is 17.6 Å². The van der Waals surface area contributed by atoms with Crippen LogP contribution in [0.3, 0.4) is 0 Å². The Morgan fingerprint density at radius 3 is 2.65 bits per heavy atom. The van der Waals surface area contributed by atoms with Gasteiger partial charge in [0.15, 0.2) is 11.5 Å². The smallest absolute Gasteiger partial charge is 0.344 e. The van der Waals surface area contributed by atoms with Crippen molar-refractivity contribution in [1.29, 1.82) is 0 Å². The molecular weight excluding hydrogens is 314 g/mol. The second-order valence-electron chi connectivity index (χ2n) is 5.68. The lowest BCUT2D eigenvalue weighted by molar-refractivity contribution is -0.141. The maximum atomic E-state index is 12.8. The normalized spacial score (nSPS) is 17.9. The molecule has 0 saturated carbocycles. The molecule has 0 spiro atoms. The average Bonchev–Trinajstić information content (AvgIpc) is 2.91. The van der Waals surface area contributed by atoms with Crippen LogP contribution in [-0.2, 0) is 19.1 Å². The second kappa shape index (κ2) is 5.78. The van der Waals surface area contributed by atoms with Gasteiger partial charge in [-0.2, -0.15) is 13.2 Å². The minimum absolute atomic E-state index is 0.149. The summed E-state index contributed by atoms with van der Waals surface area (Å²) in [7, 11) is 1.78. The van der Waals surface area contributed by atoms with Gasteiger partial charge in [0.1, 0.15) is 5.82 Å². The van der Waals surface area contributed by atoms with Crippen LogP contribution >= 0.6 is 0 Å². The highest BCUT2D eigenvalue weighted by Gasteiger charge is 2.35. The first-order valence-corrected chi connectivity index (χ1v) is 7.15. The van der Waals surface area contributed by atoms with Crippen LogP contribution < -0.4 is 4.90 Å². The van der Waals surface area contributed by atoms with Crippen LogP contribution in [0.4, 0.5) is 23.5 Å². The molecular formula is C14H15F4N5. The highest BCUT2D eigenvalue weighted by atomic mass is 19.4. The molecule has 9 heteroatoms. The highest BCUT2D eigenvalue weighted by Crippen LogP contribution is 2.30. The zero-order valence-corrected chi connectivity index (χ0v) is 12.4. The largest absolute Gasteiger partial charge is 0.434 e. The Labute approximate surface area is 130 Å². The van der Waals surface area contributed by atoms with E-state index in [2.05, 4.69) is 15.0 Å². The van der Waals surface area contributed by atoms with Crippen molar-refractivity contribution in [3.8, 4) is 0 Å². The quantitative estimate of drug-likeness (QED) is 0.812. The molecule has 0 saturated heterocycles. The van der Waals surface area contributed by atoms with Crippen LogP contribution in [0.5, 0.6) is 0 Å². The number of halogens is 4. The third-order valence-corrected chi connectivity index (χ3v) is 3.86. The molecule has 5 nitrogen and oxygen atoms in total. The molecule has 2 aromatic rings. The Balaban J connectivity index is 1.67. The lowest BCUT2D eigenvalue weighted by Gasteiger charge is -2.28. The molecule has 3 rings (SSSR count). The molecule has 3 heterocycles. The van der Waals surface area contributed by atoms with E-state index in [0.717, 1.165) is 25.0 Å². The minimum atomic E-state index is -4.42. The topological polar surface area (TPSA) is 46.8 Å². The molecule has 0 amide bonds. The van der Waals surface area contributed by atoms with Gasteiger partial charge in [-0.25, -0.2) is 19.3 Å². The van der Waals surface area contributed by atoms with Crippen LogP contribution in [0.25, 0.3) is 0 Å². The predicted molar refractivity (Wildman–Crippen MR) is 74.3 cm³/mol. The van der Waals surface area contributed by atoms with E-state index in [-0.39, 0.29) is 5.92 Å². The van der Waals surface area contributed by atoms with E-state index < -0.39 is 17.7 Å². The average molecular weight is 329 g/mol. The Hall–Kier alpha value is -2.19. The van der Waals surface area contributed by atoms with Crippen molar-refractivity contribution in [3.05, 3.63) is 35.9 Å². The van der Waals surface area contributed by atoms with Gasteiger partial charge in [-0.1, -0.05) is 0 Å². The Morgan fingerprint density at radius 1 is 1.30 bits per heavy atom. The van der Waals surface area contributed by atoms with Gasteiger partial charge in [0, 0.05) is 32.8 Å². The molecule has 1 atom stereocenters. The van der Waals surface area contributed by atoms with Gasteiger partial charge in [-0.05, 0) is 12.3 Å². The summed E-state index contributed by atoms with van der Waals surface area (Å²) in [5.74, 6) is 0.493. The summed E-state index contributed by atoms with van der Waals surface area (Å²) in [6, 6.07) is 0. The van der Waals surface area contributed by atoms with Crippen molar-refractivity contribution in [2.24, 2.45) is 5.92 Å². The number of anilines is 1. The summed E-state index contributed by atoms with van der Waals surface area (Å²) in [6.45, 7) is 1.04. The zero-order valence-electron chi connectivity index (χ0n) is 12.4. The summed E-state index contributed by atoms with van der Waals surface area (Å²) in [5.41, 5.74) is -0.844. The number of hydrogen-bond donors (Lipinski definition) is 0. The lowest BCUT2D eigenvalue weighted by Crippen LogP contribution is -2.32. The van der Waals surface area contributed by atoms with Gasteiger partial charge in [-0.3, -0.25) is 0 Å². The summed E-state index contributed by atoms with van der Waals surface area (Å²) in [6.07, 6.45) is 0.0553. The third kappa shape index (κ3) is 3.43. The number of alkyl halides is 3. The molecule has 0 fully saturated rings. The summed E-state index contributed by atoms with van der Waals surface area (Å²) in [5, 5.41) is 0. The fraction of sp³-hybridized carbons (Fsp3) is 0.500. The first kappa shape index (κ1) is 15.7. The summed E-state index contributed by atoms with van der Waals surface area (Å²) < 4.78 is 52.5. The van der Waals surface area contributed by atoms with Crippen molar-refractivity contribution in [3.63, 3.8) is 0 Å². The first-order valence-electron chi connectivity index (χ1n) is 7.15. The SMILES string of the molecule is CN(CC1CCc2nc(C(F)(F)F)cn2C1)c1ncc(F)cn1. The van der Waals surface area contributed by atoms with Gasteiger partial charge in [-0.15, -0.1) is 0 Å². The van der Waals surface area contributed by atoms with Gasteiger partial charge in [0.05, 0.1) is 12.4 Å². The van der Waals surface area contributed by atoms with E-state index in [4.69, 9.17) is 0 Å². The molecule has 0 bridgehead atoms. The molecule has 1 unspecified atom stereocenters. The molecule has 1 aliphatic rings. The summed E-state index contributed by atoms with van der Waals surface area (Å²) >= 11 is 0. The lowest BCUT2D eigenvalue weighted by atomic mass is 9.99. The van der Waals surface area contributed by atoms with Gasteiger partial charge in [0.2, 0.25) is 5.95 Å². The van der Waals surface area contributed by atoms with E-state index in [0.29, 0.717) is 31.3 Å². The van der Waals surface area contributed by atoms with Gasteiger partial charge >= 0.3 is 6.18 Å². The number of aromatic nitrogens is 4. The molecule has 0 aromatic carbocycles. The van der Waals surface area contributed by atoms with Crippen LogP contribution in [0.1, 0.15) is 17.9 Å². The van der Waals surface area contributed by atoms with Gasteiger partial charge < -0.3 is 9.47 Å². The number of hydrogen-bond acceptors (Lipinski definition) is 4. The molecule has 0 N–H and O–H groups in total. The van der Waals surface area contributed by atoms with Crippen LogP contribution in [0.15, 0.2) is 18.6 Å². The molecule has 2 aromatic heterocycles. The number of imidazole rings is 1. The standard InChI is InChI=1S/C14H15F4N5/c1-22(13-19-4-10(15)5-20-13)6-9-2-3-12-21-11(14(16,17)18)8-23(12)7-9/h4-5,8-9H,2-3,6-7H2,1H3. The number of aryl methyl sites for hydroxylation is 1. The van der Waals surface area contributed by atoms with E-state index in [1.165, 1.54) is 0 Å². The third-order valence-electron chi connectivity index (χ3n) is 3.86. The number of rotatable bonds is 3. The van der Waals surface area contributed by atoms with Crippen molar-refractivity contribution in [2.45, 2.75) is 25.6 Å². The molecule has 0 radical (unpaired) electrons.